The summed E-state index contributed by atoms with van der Waals surface area (Å²) in [5, 5.41) is 9.44. The molecule has 8 heteroatoms. The lowest BCUT2D eigenvalue weighted by atomic mass is 10.1. The zero-order valence-electron chi connectivity index (χ0n) is 11.0. The number of hydrogen-bond acceptors (Lipinski definition) is 5. The molecule has 0 spiro atoms. The SMILES string of the molecule is O=C1c2ccccc2C(=O)N1c1ncc(C(Cl)Cl)nc1CO. The summed E-state index contributed by atoms with van der Waals surface area (Å²) < 4.78 is 0. The Bertz CT molecular complexity index is 745. The first-order valence-electron chi connectivity index (χ1n) is 6.27. The third kappa shape index (κ3) is 2.25. The van der Waals surface area contributed by atoms with Gasteiger partial charge < -0.3 is 5.11 Å². The molecule has 0 atom stereocenters. The first-order chi connectivity index (χ1) is 10.5. The molecular formula is C14H9Cl2N3O3. The minimum Gasteiger partial charge on any atom is -0.390 e. The highest BCUT2D eigenvalue weighted by atomic mass is 35.5. The first-order valence-corrected chi connectivity index (χ1v) is 7.14. The maximum atomic E-state index is 12.4. The third-order valence-electron chi connectivity index (χ3n) is 3.22. The van der Waals surface area contributed by atoms with Gasteiger partial charge in [-0.05, 0) is 12.1 Å². The van der Waals surface area contributed by atoms with Crippen molar-refractivity contribution in [3.05, 3.63) is 53.0 Å². The monoisotopic (exact) mass is 337 g/mol. The molecule has 0 aliphatic carbocycles. The first kappa shape index (κ1) is 14.9. The number of imide groups is 1. The topological polar surface area (TPSA) is 83.4 Å². The van der Waals surface area contributed by atoms with Gasteiger partial charge in [0.25, 0.3) is 11.8 Å². The fourth-order valence-electron chi connectivity index (χ4n) is 2.22. The molecule has 22 heavy (non-hydrogen) atoms. The molecule has 0 bridgehead atoms. The number of halogens is 2. The van der Waals surface area contributed by atoms with E-state index in [0.717, 1.165) is 4.90 Å². The lowest BCUT2D eigenvalue weighted by Crippen LogP contribution is -2.31. The predicted molar refractivity (Wildman–Crippen MR) is 80.0 cm³/mol. The molecule has 0 fully saturated rings. The van der Waals surface area contributed by atoms with E-state index in [2.05, 4.69) is 9.97 Å². The van der Waals surface area contributed by atoms with Crippen molar-refractivity contribution in [2.24, 2.45) is 0 Å². The molecule has 0 radical (unpaired) electrons. The van der Waals surface area contributed by atoms with Crippen molar-refractivity contribution in [1.82, 2.24) is 9.97 Å². The van der Waals surface area contributed by atoms with Gasteiger partial charge in [-0.15, -0.1) is 0 Å². The van der Waals surface area contributed by atoms with Crippen molar-refractivity contribution in [2.75, 3.05) is 4.90 Å². The third-order valence-corrected chi connectivity index (χ3v) is 3.67. The molecule has 1 aliphatic rings. The van der Waals surface area contributed by atoms with Crippen molar-refractivity contribution in [3.8, 4) is 0 Å². The summed E-state index contributed by atoms with van der Waals surface area (Å²) >= 11 is 11.4. The van der Waals surface area contributed by atoms with Crippen molar-refractivity contribution < 1.29 is 14.7 Å². The maximum Gasteiger partial charge on any atom is 0.267 e. The second kappa shape index (κ2) is 5.64. The van der Waals surface area contributed by atoms with Crippen LogP contribution in [-0.4, -0.2) is 26.9 Å². The molecule has 0 saturated carbocycles. The number of fused-ring (bicyclic) bond motifs is 1. The van der Waals surface area contributed by atoms with Gasteiger partial charge in [0.05, 0.1) is 29.6 Å². The van der Waals surface area contributed by atoms with Crippen LogP contribution in [0.4, 0.5) is 5.82 Å². The average molecular weight is 338 g/mol. The highest BCUT2D eigenvalue weighted by molar-refractivity contribution is 6.43. The average Bonchev–Trinajstić information content (AvgIpc) is 2.78. The molecule has 2 aromatic rings. The van der Waals surface area contributed by atoms with Gasteiger partial charge in [0.2, 0.25) is 0 Å². The van der Waals surface area contributed by atoms with Gasteiger partial charge >= 0.3 is 0 Å². The zero-order chi connectivity index (χ0) is 15.9. The van der Waals surface area contributed by atoms with Crippen LogP contribution in [0.25, 0.3) is 0 Å². The maximum absolute atomic E-state index is 12.4. The Labute approximate surface area is 135 Å². The molecule has 112 valence electrons. The molecule has 1 aromatic carbocycles. The Morgan fingerprint density at radius 2 is 1.73 bits per heavy atom. The van der Waals surface area contributed by atoms with E-state index in [1.54, 1.807) is 24.3 Å². The highest BCUT2D eigenvalue weighted by Gasteiger charge is 2.38. The van der Waals surface area contributed by atoms with E-state index in [9.17, 15) is 14.7 Å². The molecule has 0 saturated heterocycles. The molecular weight excluding hydrogens is 329 g/mol. The van der Waals surface area contributed by atoms with Crippen LogP contribution < -0.4 is 4.90 Å². The number of hydrogen-bond donors (Lipinski definition) is 1. The zero-order valence-corrected chi connectivity index (χ0v) is 12.5. The van der Waals surface area contributed by atoms with Gasteiger partial charge in [-0.2, -0.15) is 0 Å². The number of carbonyl (C=O) groups excluding carboxylic acids is 2. The van der Waals surface area contributed by atoms with Gasteiger partial charge in [0.1, 0.15) is 5.69 Å². The van der Waals surface area contributed by atoms with Crippen LogP contribution in [0.5, 0.6) is 0 Å². The number of aliphatic hydroxyl groups is 1. The van der Waals surface area contributed by atoms with E-state index in [1.165, 1.54) is 6.20 Å². The fraction of sp³-hybridized carbons (Fsp3) is 0.143. The summed E-state index contributed by atoms with van der Waals surface area (Å²) in [5.74, 6) is -1.04. The van der Waals surface area contributed by atoms with E-state index in [0.29, 0.717) is 0 Å². The number of amides is 2. The Morgan fingerprint density at radius 3 is 2.23 bits per heavy atom. The second-order valence-corrected chi connectivity index (χ2v) is 5.61. The van der Waals surface area contributed by atoms with E-state index < -0.39 is 23.3 Å². The predicted octanol–water partition coefficient (Wildman–Crippen LogP) is 2.25. The van der Waals surface area contributed by atoms with E-state index >= 15 is 0 Å². The van der Waals surface area contributed by atoms with E-state index in [-0.39, 0.29) is 28.3 Å². The standard InChI is InChI=1S/C14H9Cl2N3O3/c15-11(16)9-5-17-12(10(6-20)18-9)19-13(21)7-3-1-2-4-8(7)14(19)22/h1-5,11,20H,6H2. The number of anilines is 1. The van der Waals surface area contributed by atoms with Gasteiger partial charge in [-0.25, -0.2) is 14.9 Å². The highest BCUT2D eigenvalue weighted by Crippen LogP contribution is 2.30. The largest absolute Gasteiger partial charge is 0.390 e. The molecule has 1 aromatic heterocycles. The number of benzene rings is 1. The Balaban J connectivity index is 2.10. The fourth-order valence-corrected chi connectivity index (χ4v) is 2.43. The summed E-state index contributed by atoms with van der Waals surface area (Å²) in [5.41, 5.74) is 0.857. The summed E-state index contributed by atoms with van der Waals surface area (Å²) in [4.78, 5) is 32.8. The molecule has 2 amide bonds. The normalized spacial score (nSPS) is 13.9. The summed E-state index contributed by atoms with van der Waals surface area (Å²) in [6.45, 7) is -0.510. The number of aliphatic hydroxyl groups excluding tert-OH is 1. The van der Waals surface area contributed by atoms with Crippen molar-refractivity contribution in [3.63, 3.8) is 0 Å². The minimum atomic E-state index is -0.922. The van der Waals surface area contributed by atoms with E-state index in [1.807, 2.05) is 0 Å². The van der Waals surface area contributed by atoms with Crippen molar-refractivity contribution in [1.29, 1.82) is 0 Å². The summed E-state index contributed by atoms with van der Waals surface area (Å²) in [6.07, 6.45) is 1.27. The minimum absolute atomic E-state index is 0.0218. The van der Waals surface area contributed by atoms with Crippen LogP contribution in [0.15, 0.2) is 30.5 Å². The Kier molecular flexibility index (Phi) is 3.82. The Morgan fingerprint density at radius 1 is 1.14 bits per heavy atom. The van der Waals surface area contributed by atoms with Crippen LogP contribution in [0.2, 0.25) is 0 Å². The van der Waals surface area contributed by atoms with Crippen molar-refractivity contribution in [2.45, 2.75) is 11.4 Å². The van der Waals surface area contributed by atoms with Gasteiger partial charge in [-0.1, -0.05) is 35.3 Å². The number of carbonyl (C=O) groups is 2. The van der Waals surface area contributed by atoms with Crippen LogP contribution in [-0.2, 0) is 6.61 Å². The molecule has 6 nitrogen and oxygen atoms in total. The van der Waals surface area contributed by atoms with Crippen LogP contribution in [0.1, 0.15) is 36.9 Å². The summed E-state index contributed by atoms with van der Waals surface area (Å²) in [6, 6.07) is 6.45. The molecule has 1 N–H and O–H groups in total. The lowest BCUT2D eigenvalue weighted by Gasteiger charge is -2.16. The molecule has 0 unspecified atom stereocenters. The second-order valence-electron chi connectivity index (χ2n) is 4.52. The Hall–Kier alpha value is -2.02. The van der Waals surface area contributed by atoms with Gasteiger partial charge in [0, 0.05) is 0 Å². The van der Waals surface area contributed by atoms with Crippen LogP contribution >= 0.6 is 23.2 Å². The molecule has 1 aliphatic heterocycles. The smallest absolute Gasteiger partial charge is 0.267 e. The number of alkyl halides is 2. The van der Waals surface area contributed by atoms with E-state index in [4.69, 9.17) is 23.2 Å². The number of nitrogens with zero attached hydrogens (tertiary/aromatic N) is 3. The number of aromatic nitrogens is 2. The molecule has 2 heterocycles. The number of rotatable bonds is 3. The van der Waals surface area contributed by atoms with Crippen molar-refractivity contribution >= 4 is 40.8 Å². The van der Waals surface area contributed by atoms with Crippen LogP contribution in [0, 0.1) is 0 Å². The molecule has 3 rings (SSSR count). The van der Waals surface area contributed by atoms with Gasteiger partial charge in [-0.3, -0.25) is 9.59 Å². The van der Waals surface area contributed by atoms with Crippen LogP contribution in [0.3, 0.4) is 0 Å². The lowest BCUT2D eigenvalue weighted by molar-refractivity contribution is 0.0924. The quantitative estimate of drug-likeness (QED) is 0.685. The summed E-state index contributed by atoms with van der Waals surface area (Å²) in [7, 11) is 0. The van der Waals surface area contributed by atoms with Gasteiger partial charge in [0.15, 0.2) is 10.7 Å².